The lowest BCUT2D eigenvalue weighted by Crippen LogP contribution is -2.20. The molecular weight excluding hydrogens is 318 g/mol. The van der Waals surface area contributed by atoms with Crippen LogP contribution in [0.25, 0.3) is 10.9 Å². The van der Waals surface area contributed by atoms with Gasteiger partial charge in [0.1, 0.15) is 6.26 Å². The highest BCUT2D eigenvalue weighted by Crippen LogP contribution is 2.21. The number of nitrogens with zero attached hydrogens (tertiary/aromatic N) is 3. The Morgan fingerprint density at radius 2 is 2.22 bits per heavy atom. The number of benzene rings is 1. The molecule has 2 aromatic heterocycles. The standard InChI is InChI=1S/C15H13N3O4S/c1-18-13(19)11-4-3-9(14(20)21-2)7-12(11)16-15(18)23-8-10-5-6-22-17-10/h3-7H,8H2,1-2H3. The fourth-order valence-corrected chi connectivity index (χ4v) is 2.94. The average molecular weight is 331 g/mol. The number of ether oxygens (including phenoxy) is 1. The number of hydrogen-bond acceptors (Lipinski definition) is 7. The Balaban J connectivity index is 2.02. The van der Waals surface area contributed by atoms with Gasteiger partial charge in [0.05, 0.1) is 29.3 Å². The van der Waals surface area contributed by atoms with Gasteiger partial charge in [-0.15, -0.1) is 0 Å². The minimum absolute atomic E-state index is 0.172. The highest BCUT2D eigenvalue weighted by atomic mass is 32.2. The molecule has 0 radical (unpaired) electrons. The van der Waals surface area contributed by atoms with E-state index < -0.39 is 5.97 Å². The van der Waals surface area contributed by atoms with Crippen LogP contribution in [0.1, 0.15) is 16.1 Å². The number of thioether (sulfide) groups is 1. The van der Waals surface area contributed by atoms with Gasteiger partial charge in [0.25, 0.3) is 5.56 Å². The minimum atomic E-state index is -0.467. The maximum atomic E-state index is 12.4. The first-order chi connectivity index (χ1) is 11.1. The average Bonchev–Trinajstić information content (AvgIpc) is 3.09. The molecular formula is C15H13N3O4S. The molecule has 0 unspecified atom stereocenters. The van der Waals surface area contributed by atoms with Gasteiger partial charge in [-0.1, -0.05) is 16.9 Å². The zero-order chi connectivity index (χ0) is 16.4. The van der Waals surface area contributed by atoms with Gasteiger partial charge in [0, 0.05) is 18.9 Å². The molecule has 7 nitrogen and oxygen atoms in total. The summed E-state index contributed by atoms with van der Waals surface area (Å²) in [5.74, 6) is 0.0603. The third-order valence-corrected chi connectivity index (χ3v) is 4.36. The Labute approximate surface area is 135 Å². The number of carbonyl (C=O) groups excluding carboxylic acids is 1. The highest BCUT2D eigenvalue weighted by molar-refractivity contribution is 7.98. The van der Waals surface area contributed by atoms with E-state index in [2.05, 4.69) is 10.1 Å². The summed E-state index contributed by atoms with van der Waals surface area (Å²) in [6.45, 7) is 0. The molecule has 118 valence electrons. The van der Waals surface area contributed by atoms with Crippen molar-refractivity contribution >= 4 is 28.6 Å². The number of rotatable bonds is 4. The molecule has 8 heteroatoms. The second-order valence-corrected chi connectivity index (χ2v) is 5.70. The molecule has 0 aliphatic carbocycles. The van der Waals surface area contributed by atoms with E-state index >= 15 is 0 Å². The fraction of sp³-hybridized carbons (Fsp3) is 0.200. The van der Waals surface area contributed by atoms with E-state index in [1.54, 1.807) is 31.3 Å². The Morgan fingerprint density at radius 1 is 1.39 bits per heavy atom. The van der Waals surface area contributed by atoms with Gasteiger partial charge in [0.15, 0.2) is 5.16 Å². The quantitative estimate of drug-likeness (QED) is 0.410. The minimum Gasteiger partial charge on any atom is -0.465 e. The van der Waals surface area contributed by atoms with E-state index in [1.165, 1.54) is 29.7 Å². The van der Waals surface area contributed by atoms with Crippen LogP contribution in [0, 0.1) is 0 Å². The van der Waals surface area contributed by atoms with Gasteiger partial charge in [-0.25, -0.2) is 9.78 Å². The van der Waals surface area contributed by atoms with Crippen molar-refractivity contribution in [2.24, 2.45) is 7.05 Å². The molecule has 0 atom stereocenters. The molecule has 0 saturated carbocycles. The first kappa shape index (κ1) is 15.3. The lowest BCUT2D eigenvalue weighted by Gasteiger charge is -2.08. The third-order valence-electron chi connectivity index (χ3n) is 3.30. The largest absolute Gasteiger partial charge is 0.465 e. The highest BCUT2D eigenvalue weighted by Gasteiger charge is 2.13. The summed E-state index contributed by atoms with van der Waals surface area (Å²) >= 11 is 1.37. The number of carbonyl (C=O) groups is 1. The zero-order valence-corrected chi connectivity index (χ0v) is 13.3. The van der Waals surface area contributed by atoms with E-state index in [0.717, 1.165) is 5.69 Å². The van der Waals surface area contributed by atoms with Crippen LogP contribution in [0.5, 0.6) is 0 Å². The van der Waals surface area contributed by atoms with Gasteiger partial charge in [-0.05, 0) is 18.2 Å². The van der Waals surface area contributed by atoms with E-state index in [-0.39, 0.29) is 5.56 Å². The smallest absolute Gasteiger partial charge is 0.337 e. The molecule has 0 fully saturated rings. The monoisotopic (exact) mass is 331 g/mol. The maximum Gasteiger partial charge on any atom is 0.337 e. The van der Waals surface area contributed by atoms with Crippen molar-refractivity contribution in [1.29, 1.82) is 0 Å². The maximum absolute atomic E-state index is 12.4. The van der Waals surface area contributed by atoms with Crippen molar-refractivity contribution in [2.45, 2.75) is 10.9 Å². The number of hydrogen-bond donors (Lipinski definition) is 0. The van der Waals surface area contributed by atoms with Crippen molar-refractivity contribution in [2.75, 3.05) is 7.11 Å². The molecule has 0 aliphatic heterocycles. The SMILES string of the molecule is COC(=O)c1ccc2c(=O)n(C)c(SCc3ccon3)nc2c1. The van der Waals surface area contributed by atoms with Gasteiger partial charge in [-0.3, -0.25) is 9.36 Å². The van der Waals surface area contributed by atoms with Crippen molar-refractivity contribution in [3.8, 4) is 0 Å². The number of esters is 1. The van der Waals surface area contributed by atoms with Crippen LogP contribution in [0.4, 0.5) is 0 Å². The lowest BCUT2D eigenvalue weighted by molar-refractivity contribution is 0.0601. The van der Waals surface area contributed by atoms with Gasteiger partial charge < -0.3 is 9.26 Å². The molecule has 2 heterocycles. The van der Waals surface area contributed by atoms with Gasteiger partial charge in [0.2, 0.25) is 0 Å². The molecule has 0 bridgehead atoms. The van der Waals surface area contributed by atoms with Crippen LogP contribution >= 0.6 is 11.8 Å². The van der Waals surface area contributed by atoms with Crippen LogP contribution in [0.3, 0.4) is 0 Å². The molecule has 1 aromatic carbocycles. The van der Waals surface area contributed by atoms with Crippen LogP contribution in [0.15, 0.2) is 45.0 Å². The Hall–Kier alpha value is -2.61. The van der Waals surface area contributed by atoms with Crippen LogP contribution < -0.4 is 5.56 Å². The van der Waals surface area contributed by atoms with Crippen molar-refractivity contribution < 1.29 is 14.1 Å². The molecule has 0 saturated heterocycles. The molecule has 3 rings (SSSR count). The molecule has 23 heavy (non-hydrogen) atoms. The van der Waals surface area contributed by atoms with E-state index in [0.29, 0.717) is 27.4 Å². The second kappa shape index (κ2) is 6.25. The molecule has 0 N–H and O–H groups in total. The summed E-state index contributed by atoms with van der Waals surface area (Å²) in [7, 11) is 2.97. The van der Waals surface area contributed by atoms with Gasteiger partial charge in [-0.2, -0.15) is 0 Å². The summed E-state index contributed by atoms with van der Waals surface area (Å²) in [5, 5.41) is 4.81. The van der Waals surface area contributed by atoms with Crippen molar-refractivity contribution in [3.63, 3.8) is 0 Å². The van der Waals surface area contributed by atoms with Crippen molar-refractivity contribution in [1.82, 2.24) is 14.7 Å². The fourth-order valence-electron chi connectivity index (χ4n) is 2.07. The number of fused-ring (bicyclic) bond motifs is 1. The molecule has 0 amide bonds. The lowest BCUT2D eigenvalue weighted by atomic mass is 10.1. The van der Waals surface area contributed by atoms with Crippen LogP contribution in [0.2, 0.25) is 0 Å². The first-order valence-electron chi connectivity index (χ1n) is 6.71. The second-order valence-electron chi connectivity index (χ2n) is 4.76. The Bertz CT molecular complexity index is 918. The number of methoxy groups -OCH3 is 1. The number of aromatic nitrogens is 3. The summed E-state index contributed by atoms with van der Waals surface area (Å²) in [6.07, 6.45) is 1.49. The van der Waals surface area contributed by atoms with Crippen LogP contribution in [-0.2, 0) is 17.5 Å². The summed E-state index contributed by atoms with van der Waals surface area (Å²) in [4.78, 5) is 28.5. The molecule has 0 aliphatic rings. The Morgan fingerprint density at radius 3 is 2.91 bits per heavy atom. The molecule has 0 spiro atoms. The predicted molar refractivity (Wildman–Crippen MR) is 84.4 cm³/mol. The summed E-state index contributed by atoms with van der Waals surface area (Å²) < 4.78 is 10.9. The first-order valence-corrected chi connectivity index (χ1v) is 7.70. The zero-order valence-electron chi connectivity index (χ0n) is 12.5. The van der Waals surface area contributed by atoms with E-state index in [1.807, 2.05) is 0 Å². The van der Waals surface area contributed by atoms with Crippen LogP contribution in [-0.4, -0.2) is 27.8 Å². The van der Waals surface area contributed by atoms with E-state index in [9.17, 15) is 9.59 Å². The van der Waals surface area contributed by atoms with Crippen molar-refractivity contribution in [3.05, 3.63) is 52.1 Å². The Kier molecular flexibility index (Phi) is 4.16. The summed E-state index contributed by atoms with van der Waals surface area (Å²) in [5.41, 5.74) is 1.40. The van der Waals surface area contributed by atoms with E-state index in [4.69, 9.17) is 9.26 Å². The summed E-state index contributed by atoms with van der Waals surface area (Å²) in [6, 6.07) is 6.45. The normalized spacial score (nSPS) is 10.9. The topological polar surface area (TPSA) is 87.2 Å². The molecule has 3 aromatic rings. The van der Waals surface area contributed by atoms with Gasteiger partial charge >= 0.3 is 5.97 Å². The third kappa shape index (κ3) is 2.98. The predicted octanol–water partition coefficient (Wildman–Crippen LogP) is 2.00.